The SMILES string of the molecule is Cc1cccc(NC(=O)N2CCC3(CC2)C(=O)N(C)CCN3CC2CC2)c1. The van der Waals surface area contributed by atoms with E-state index in [0.29, 0.717) is 13.1 Å². The highest BCUT2D eigenvalue weighted by Crippen LogP contribution is 2.38. The molecular weight excluding hydrogens is 340 g/mol. The van der Waals surface area contributed by atoms with E-state index in [1.807, 2.05) is 48.0 Å². The predicted molar refractivity (Wildman–Crippen MR) is 106 cm³/mol. The van der Waals surface area contributed by atoms with Crippen LogP contribution >= 0.6 is 0 Å². The molecule has 6 nitrogen and oxygen atoms in total. The summed E-state index contributed by atoms with van der Waals surface area (Å²) in [5.41, 5.74) is 1.54. The van der Waals surface area contributed by atoms with Gasteiger partial charge in [-0.25, -0.2) is 4.79 Å². The number of benzene rings is 1. The molecule has 3 fully saturated rings. The molecule has 27 heavy (non-hydrogen) atoms. The number of carbonyl (C=O) groups excluding carboxylic acids is 2. The average molecular weight is 370 g/mol. The maximum Gasteiger partial charge on any atom is 0.321 e. The van der Waals surface area contributed by atoms with Gasteiger partial charge >= 0.3 is 6.03 Å². The zero-order chi connectivity index (χ0) is 19.0. The molecule has 6 heteroatoms. The number of hydrogen-bond acceptors (Lipinski definition) is 3. The van der Waals surface area contributed by atoms with Crippen LogP contribution in [0.15, 0.2) is 24.3 Å². The molecule has 1 N–H and O–H groups in total. The Kier molecular flexibility index (Phi) is 4.84. The molecule has 146 valence electrons. The molecule has 2 heterocycles. The van der Waals surface area contributed by atoms with E-state index in [9.17, 15) is 9.59 Å². The van der Waals surface area contributed by atoms with E-state index < -0.39 is 5.54 Å². The highest BCUT2D eigenvalue weighted by Gasteiger charge is 2.51. The lowest BCUT2D eigenvalue weighted by molar-refractivity contribution is -0.153. The quantitative estimate of drug-likeness (QED) is 0.890. The second-order valence-corrected chi connectivity index (χ2v) is 8.43. The molecule has 2 aliphatic heterocycles. The maximum absolute atomic E-state index is 13.1. The number of amides is 3. The predicted octanol–water partition coefficient (Wildman–Crippen LogP) is 2.55. The minimum Gasteiger partial charge on any atom is -0.343 e. The molecule has 1 spiro atoms. The molecule has 0 radical (unpaired) electrons. The van der Waals surface area contributed by atoms with Gasteiger partial charge in [0.25, 0.3) is 0 Å². The van der Waals surface area contributed by atoms with Crippen molar-refractivity contribution in [1.29, 1.82) is 0 Å². The topological polar surface area (TPSA) is 55.9 Å². The first-order chi connectivity index (χ1) is 13.0. The molecular formula is C21H30N4O2. The third kappa shape index (κ3) is 3.68. The molecule has 0 unspecified atom stereocenters. The van der Waals surface area contributed by atoms with Gasteiger partial charge in [0.1, 0.15) is 5.54 Å². The Labute approximate surface area is 161 Å². The van der Waals surface area contributed by atoms with Gasteiger partial charge in [-0.1, -0.05) is 12.1 Å². The van der Waals surface area contributed by atoms with E-state index in [2.05, 4.69) is 10.2 Å². The van der Waals surface area contributed by atoms with E-state index in [1.54, 1.807) is 0 Å². The van der Waals surface area contributed by atoms with Gasteiger partial charge in [-0.05, 0) is 56.2 Å². The van der Waals surface area contributed by atoms with Crippen LogP contribution in [0, 0.1) is 12.8 Å². The number of carbonyl (C=O) groups is 2. The van der Waals surface area contributed by atoms with Crippen LogP contribution in [0.25, 0.3) is 0 Å². The third-order valence-corrected chi connectivity index (χ3v) is 6.38. The van der Waals surface area contributed by atoms with Crippen molar-refractivity contribution in [3.63, 3.8) is 0 Å². The molecule has 4 rings (SSSR count). The van der Waals surface area contributed by atoms with Gasteiger partial charge in [0.05, 0.1) is 0 Å². The first-order valence-corrected chi connectivity index (χ1v) is 10.1. The van der Waals surface area contributed by atoms with Crippen molar-refractivity contribution in [1.82, 2.24) is 14.7 Å². The smallest absolute Gasteiger partial charge is 0.321 e. The minimum absolute atomic E-state index is 0.0687. The highest BCUT2D eigenvalue weighted by atomic mass is 16.2. The fourth-order valence-electron chi connectivity index (χ4n) is 4.49. The van der Waals surface area contributed by atoms with Crippen LogP contribution in [0.3, 0.4) is 0 Å². The summed E-state index contributed by atoms with van der Waals surface area (Å²) in [5, 5.41) is 3.00. The van der Waals surface area contributed by atoms with Gasteiger partial charge in [0.15, 0.2) is 0 Å². The number of aryl methyl sites for hydroxylation is 1. The summed E-state index contributed by atoms with van der Waals surface area (Å²) in [7, 11) is 1.91. The summed E-state index contributed by atoms with van der Waals surface area (Å²) in [6, 6.07) is 7.77. The molecule has 1 aromatic carbocycles. The molecule has 2 saturated heterocycles. The number of nitrogens with one attached hydrogen (secondary N) is 1. The Morgan fingerprint density at radius 2 is 1.93 bits per heavy atom. The lowest BCUT2D eigenvalue weighted by atomic mass is 9.82. The Morgan fingerprint density at radius 1 is 1.19 bits per heavy atom. The molecule has 0 aromatic heterocycles. The number of hydrogen-bond donors (Lipinski definition) is 1. The first-order valence-electron chi connectivity index (χ1n) is 10.1. The van der Waals surface area contributed by atoms with Crippen LogP contribution in [0.1, 0.15) is 31.2 Å². The van der Waals surface area contributed by atoms with Crippen molar-refractivity contribution in [3.05, 3.63) is 29.8 Å². The Morgan fingerprint density at radius 3 is 2.59 bits per heavy atom. The lowest BCUT2D eigenvalue weighted by Gasteiger charge is -2.52. The number of likely N-dealkylation sites (tertiary alicyclic amines) is 1. The number of likely N-dealkylation sites (N-methyl/N-ethyl adjacent to an activating group) is 1. The Bertz CT molecular complexity index is 723. The minimum atomic E-state index is -0.407. The van der Waals surface area contributed by atoms with Crippen molar-refractivity contribution in [3.8, 4) is 0 Å². The summed E-state index contributed by atoms with van der Waals surface area (Å²) >= 11 is 0. The van der Waals surface area contributed by atoms with E-state index in [-0.39, 0.29) is 11.9 Å². The second kappa shape index (κ2) is 7.15. The zero-order valence-electron chi connectivity index (χ0n) is 16.4. The number of anilines is 1. The van der Waals surface area contributed by atoms with E-state index in [1.165, 1.54) is 12.8 Å². The summed E-state index contributed by atoms with van der Waals surface area (Å²) in [6.45, 7) is 6.06. The van der Waals surface area contributed by atoms with Crippen molar-refractivity contribution < 1.29 is 9.59 Å². The fourth-order valence-corrected chi connectivity index (χ4v) is 4.49. The standard InChI is InChI=1S/C21H30N4O2/c1-16-4-3-5-18(14-16)22-20(27)24-10-8-21(9-11-24)19(26)23(2)12-13-25(21)15-17-6-7-17/h3-5,14,17H,6-13,15H2,1-2H3,(H,22,27). The molecule has 0 bridgehead atoms. The maximum atomic E-state index is 13.1. The molecule has 1 saturated carbocycles. The Hall–Kier alpha value is -2.08. The summed E-state index contributed by atoms with van der Waals surface area (Å²) in [6.07, 6.45) is 4.04. The zero-order valence-corrected chi connectivity index (χ0v) is 16.4. The van der Waals surface area contributed by atoms with E-state index in [4.69, 9.17) is 0 Å². The van der Waals surface area contributed by atoms with Crippen LogP contribution in [-0.2, 0) is 4.79 Å². The third-order valence-electron chi connectivity index (χ3n) is 6.38. The van der Waals surface area contributed by atoms with E-state index in [0.717, 1.165) is 49.6 Å². The van der Waals surface area contributed by atoms with Gasteiger partial charge in [-0.2, -0.15) is 0 Å². The van der Waals surface area contributed by atoms with Gasteiger partial charge in [-0.3, -0.25) is 9.69 Å². The van der Waals surface area contributed by atoms with Crippen LogP contribution in [0.4, 0.5) is 10.5 Å². The van der Waals surface area contributed by atoms with Crippen molar-refractivity contribution in [2.45, 2.75) is 38.1 Å². The largest absolute Gasteiger partial charge is 0.343 e. The van der Waals surface area contributed by atoms with Gasteiger partial charge in [-0.15, -0.1) is 0 Å². The van der Waals surface area contributed by atoms with Crippen LogP contribution < -0.4 is 5.32 Å². The number of piperazine rings is 1. The summed E-state index contributed by atoms with van der Waals surface area (Å²) in [4.78, 5) is 31.9. The molecule has 0 atom stereocenters. The molecule has 1 aliphatic carbocycles. The normalized spacial score (nSPS) is 23.0. The molecule has 3 amide bonds. The van der Waals surface area contributed by atoms with Crippen molar-refractivity contribution in [2.24, 2.45) is 5.92 Å². The average Bonchev–Trinajstić information content (AvgIpc) is 3.47. The monoisotopic (exact) mass is 370 g/mol. The Balaban J connectivity index is 1.42. The van der Waals surface area contributed by atoms with Gasteiger partial charge in [0.2, 0.25) is 5.91 Å². The van der Waals surface area contributed by atoms with Crippen molar-refractivity contribution in [2.75, 3.05) is 45.1 Å². The second-order valence-electron chi connectivity index (χ2n) is 8.43. The van der Waals surface area contributed by atoms with Crippen LogP contribution in [-0.4, -0.2) is 71.9 Å². The molecule has 3 aliphatic rings. The number of piperidine rings is 1. The van der Waals surface area contributed by atoms with Crippen molar-refractivity contribution >= 4 is 17.6 Å². The summed E-state index contributed by atoms with van der Waals surface area (Å²) < 4.78 is 0. The number of urea groups is 1. The van der Waals surface area contributed by atoms with Crippen LogP contribution in [0.5, 0.6) is 0 Å². The van der Waals surface area contributed by atoms with Gasteiger partial charge in [0, 0.05) is 45.5 Å². The number of rotatable bonds is 3. The highest BCUT2D eigenvalue weighted by molar-refractivity contribution is 5.91. The molecule has 1 aromatic rings. The number of nitrogens with zero attached hydrogens (tertiary/aromatic N) is 3. The lowest BCUT2D eigenvalue weighted by Crippen LogP contribution is -2.68. The van der Waals surface area contributed by atoms with E-state index >= 15 is 0 Å². The van der Waals surface area contributed by atoms with Gasteiger partial charge < -0.3 is 15.1 Å². The first kappa shape index (κ1) is 18.3. The fraction of sp³-hybridized carbons (Fsp3) is 0.619. The summed E-state index contributed by atoms with van der Waals surface area (Å²) in [5.74, 6) is 1.01. The van der Waals surface area contributed by atoms with Crippen LogP contribution in [0.2, 0.25) is 0 Å².